The fraction of sp³-hybridized carbons (Fsp3) is 0.125. The molecule has 3 rings (SSSR count). The minimum Gasteiger partial charge on any atom is -0.268 e. The van der Waals surface area contributed by atoms with Crippen LogP contribution in [-0.4, -0.2) is 9.55 Å². The molecule has 0 bridgehead atoms. The number of aromatic nitrogens is 2. The van der Waals surface area contributed by atoms with Gasteiger partial charge in [0, 0.05) is 5.02 Å². The van der Waals surface area contributed by atoms with Crippen LogP contribution in [0.3, 0.4) is 0 Å². The van der Waals surface area contributed by atoms with Crippen molar-refractivity contribution in [1.82, 2.24) is 9.55 Å². The van der Waals surface area contributed by atoms with Gasteiger partial charge in [-0.1, -0.05) is 29.8 Å². The van der Waals surface area contributed by atoms with Crippen LogP contribution >= 0.6 is 23.2 Å². The molecule has 3 aromatic rings. The topological polar surface area (TPSA) is 34.9 Å². The van der Waals surface area contributed by atoms with E-state index in [2.05, 4.69) is 4.98 Å². The Kier molecular flexibility index (Phi) is 3.70. The summed E-state index contributed by atoms with van der Waals surface area (Å²) in [6, 6.07) is 12.7. The fourth-order valence-electron chi connectivity index (χ4n) is 2.26. The lowest BCUT2D eigenvalue weighted by Crippen LogP contribution is -2.23. The molecule has 0 saturated heterocycles. The summed E-state index contributed by atoms with van der Waals surface area (Å²) in [6.45, 7) is 1.91. The van der Waals surface area contributed by atoms with Crippen LogP contribution < -0.4 is 5.56 Å². The lowest BCUT2D eigenvalue weighted by Gasteiger charge is -2.12. The van der Waals surface area contributed by atoms with Crippen LogP contribution in [0.25, 0.3) is 16.6 Å². The molecule has 106 valence electrons. The van der Waals surface area contributed by atoms with E-state index in [-0.39, 0.29) is 11.4 Å². The van der Waals surface area contributed by atoms with Gasteiger partial charge in [-0.05, 0) is 36.8 Å². The van der Waals surface area contributed by atoms with Crippen molar-refractivity contribution < 1.29 is 0 Å². The molecule has 0 radical (unpaired) electrons. The van der Waals surface area contributed by atoms with Crippen molar-refractivity contribution in [2.24, 2.45) is 0 Å². The summed E-state index contributed by atoms with van der Waals surface area (Å²) in [5.41, 5.74) is 2.13. The quantitative estimate of drug-likeness (QED) is 0.667. The van der Waals surface area contributed by atoms with Gasteiger partial charge in [0.2, 0.25) is 0 Å². The molecular weight excluding hydrogens is 307 g/mol. The van der Waals surface area contributed by atoms with Crippen LogP contribution in [0.5, 0.6) is 0 Å². The smallest absolute Gasteiger partial charge is 0.266 e. The maximum atomic E-state index is 12.7. The average Bonchev–Trinajstić information content (AvgIpc) is 2.50. The molecule has 0 aliphatic heterocycles. The van der Waals surface area contributed by atoms with Gasteiger partial charge in [0.05, 0.1) is 22.5 Å². The molecule has 2 aromatic carbocycles. The number of aryl methyl sites for hydroxylation is 1. The minimum absolute atomic E-state index is 0.142. The average molecular weight is 319 g/mol. The molecule has 5 heteroatoms. The molecular formula is C16H12Cl2N2O. The van der Waals surface area contributed by atoms with Gasteiger partial charge in [0.15, 0.2) is 0 Å². The SMILES string of the molecule is Cc1ccc(-n2c(CCl)nc3ccccc3c2=O)cc1Cl. The first-order valence-electron chi connectivity index (χ1n) is 6.45. The Bertz CT molecular complexity index is 887. The zero-order valence-corrected chi connectivity index (χ0v) is 12.8. The number of hydrogen-bond donors (Lipinski definition) is 0. The number of hydrogen-bond acceptors (Lipinski definition) is 2. The van der Waals surface area contributed by atoms with Crippen LogP contribution in [0.15, 0.2) is 47.3 Å². The number of benzene rings is 2. The monoisotopic (exact) mass is 318 g/mol. The first-order valence-corrected chi connectivity index (χ1v) is 7.36. The summed E-state index contributed by atoms with van der Waals surface area (Å²) < 4.78 is 1.51. The predicted molar refractivity (Wildman–Crippen MR) is 86.6 cm³/mol. The highest BCUT2D eigenvalue weighted by Crippen LogP contribution is 2.20. The summed E-state index contributed by atoms with van der Waals surface area (Å²) in [6.07, 6.45) is 0. The Morgan fingerprint density at radius 3 is 2.67 bits per heavy atom. The summed E-state index contributed by atoms with van der Waals surface area (Å²) >= 11 is 12.1. The Hall–Kier alpha value is -1.84. The van der Waals surface area contributed by atoms with Crippen molar-refractivity contribution in [1.29, 1.82) is 0 Å². The number of nitrogens with zero attached hydrogens (tertiary/aromatic N) is 2. The standard InChI is InChI=1S/C16H12Cl2N2O/c1-10-6-7-11(8-13(10)18)20-15(9-17)19-14-5-3-2-4-12(14)16(20)21/h2-8H,9H2,1H3. The third-order valence-corrected chi connectivity index (χ3v) is 4.02. The Morgan fingerprint density at radius 1 is 1.19 bits per heavy atom. The molecule has 1 heterocycles. The van der Waals surface area contributed by atoms with E-state index < -0.39 is 0 Å². The van der Waals surface area contributed by atoms with Crippen molar-refractivity contribution in [3.8, 4) is 5.69 Å². The summed E-state index contributed by atoms with van der Waals surface area (Å²) in [5, 5.41) is 1.16. The van der Waals surface area contributed by atoms with E-state index in [4.69, 9.17) is 23.2 Å². The zero-order chi connectivity index (χ0) is 15.0. The molecule has 0 N–H and O–H groups in total. The van der Waals surface area contributed by atoms with E-state index in [1.165, 1.54) is 4.57 Å². The van der Waals surface area contributed by atoms with E-state index in [0.717, 1.165) is 5.56 Å². The number of halogens is 2. The first kappa shape index (κ1) is 14.1. The Balaban J connectivity index is 2.37. The lowest BCUT2D eigenvalue weighted by molar-refractivity contribution is 0.881. The minimum atomic E-state index is -0.142. The Labute approximate surface area is 131 Å². The summed E-state index contributed by atoms with van der Waals surface area (Å²) in [4.78, 5) is 17.2. The van der Waals surface area contributed by atoms with Crippen LogP contribution in [0.2, 0.25) is 5.02 Å². The number of fused-ring (bicyclic) bond motifs is 1. The fourth-order valence-corrected chi connectivity index (χ4v) is 2.61. The summed E-state index contributed by atoms with van der Waals surface area (Å²) in [5.74, 6) is 0.645. The van der Waals surface area contributed by atoms with Gasteiger partial charge in [0.25, 0.3) is 5.56 Å². The maximum absolute atomic E-state index is 12.7. The lowest BCUT2D eigenvalue weighted by atomic mass is 10.2. The van der Waals surface area contributed by atoms with Gasteiger partial charge in [-0.25, -0.2) is 4.98 Å². The second kappa shape index (κ2) is 5.51. The van der Waals surface area contributed by atoms with Gasteiger partial charge in [-0.3, -0.25) is 9.36 Å². The van der Waals surface area contributed by atoms with E-state index in [1.807, 2.05) is 31.2 Å². The highest BCUT2D eigenvalue weighted by atomic mass is 35.5. The van der Waals surface area contributed by atoms with Crippen molar-refractivity contribution >= 4 is 34.1 Å². The normalized spacial score (nSPS) is 11.0. The second-order valence-corrected chi connectivity index (χ2v) is 5.43. The van der Waals surface area contributed by atoms with Gasteiger partial charge in [0.1, 0.15) is 5.82 Å². The van der Waals surface area contributed by atoms with E-state index in [1.54, 1.807) is 18.2 Å². The zero-order valence-electron chi connectivity index (χ0n) is 11.3. The van der Waals surface area contributed by atoms with Crippen LogP contribution in [0.4, 0.5) is 0 Å². The van der Waals surface area contributed by atoms with Gasteiger partial charge < -0.3 is 0 Å². The van der Waals surface area contributed by atoms with E-state index in [9.17, 15) is 4.79 Å². The van der Waals surface area contributed by atoms with Crippen molar-refractivity contribution in [3.63, 3.8) is 0 Å². The van der Waals surface area contributed by atoms with Crippen LogP contribution in [0.1, 0.15) is 11.4 Å². The van der Waals surface area contributed by atoms with Gasteiger partial charge >= 0.3 is 0 Å². The predicted octanol–water partition coefficient (Wildman–Crippen LogP) is 4.09. The second-order valence-electron chi connectivity index (χ2n) is 4.75. The number of alkyl halides is 1. The molecule has 0 aliphatic carbocycles. The molecule has 0 amide bonds. The van der Waals surface area contributed by atoms with Gasteiger partial charge in [-0.2, -0.15) is 0 Å². The molecule has 21 heavy (non-hydrogen) atoms. The van der Waals surface area contributed by atoms with Crippen molar-refractivity contribution in [2.75, 3.05) is 0 Å². The van der Waals surface area contributed by atoms with Crippen molar-refractivity contribution in [2.45, 2.75) is 12.8 Å². The number of para-hydroxylation sites is 1. The third kappa shape index (κ3) is 2.43. The molecule has 1 aromatic heterocycles. The highest BCUT2D eigenvalue weighted by molar-refractivity contribution is 6.31. The largest absolute Gasteiger partial charge is 0.268 e. The summed E-state index contributed by atoms with van der Waals surface area (Å²) in [7, 11) is 0. The van der Waals surface area contributed by atoms with E-state index in [0.29, 0.717) is 27.4 Å². The van der Waals surface area contributed by atoms with Gasteiger partial charge in [-0.15, -0.1) is 11.6 Å². The van der Waals surface area contributed by atoms with Crippen LogP contribution in [-0.2, 0) is 5.88 Å². The third-order valence-electron chi connectivity index (χ3n) is 3.38. The Morgan fingerprint density at radius 2 is 1.95 bits per heavy atom. The molecule has 0 spiro atoms. The molecule has 3 nitrogen and oxygen atoms in total. The van der Waals surface area contributed by atoms with Crippen molar-refractivity contribution in [3.05, 3.63) is 69.2 Å². The molecule has 0 fully saturated rings. The number of rotatable bonds is 2. The van der Waals surface area contributed by atoms with Crippen LogP contribution in [0, 0.1) is 6.92 Å². The molecule has 0 aliphatic rings. The molecule has 0 saturated carbocycles. The first-order chi connectivity index (χ1) is 10.1. The maximum Gasteiger partial charge on any atom is 0.266 e. The highest BCUT2D eigenvalue weighted by Gasteiger charge is 2.12. The van der Waals surface area contributed by atoms with E-state index >= 15 is 0 Å². The molecule has 0 unspecified atom stereocenters. The molecule has 0 atom stereocenters.